The van der Waals surface area contributed by atoms with E-state index in [9.17, 15) is 9.59 Å². The summed E-state index contributed by atoms with van der Waals surface area (Å²) in [6.07, 6.45) is 1.31. The van der Waals surface area contributed by atoms with E-state index in [1.165, 1.54) is 5.56 Å². The maximum Gasteiger partial charge on any atom is 0.251 e. The van der Waals surface area contributed by atoms with Crippen LogP contribution >= 0.6 is 15.9 Å². The van der Waals surface area contributed by atoms with E-state index < -0.39 is 0 Å². The van der Waals surface area contributed by atoms with Gasteiger partial charge in [-0.15, -0.1) is 0 Å². The van der Waals surface area contributed by atoms with Gasteiger partial charge < -0.3 is 10.2 Å². The van der Waals surface area contributed by atoms with Gasteiger partial charge in [0.25, 0.3) is 5.91 Å². The largest absolute Gasteiger partial charge is 0.352 e. The Balaban J connectivity index is 1.41. The Labute approximate surface area is 174 Å². The van der Waals surface area contributed by atoms with Gasteiger partial charge in [0, 0.05) is 55.7 Å². The average molecular weight is 444 g/mol. The van der Waals surface area contributed by atoms with Crippen LogP contribution in [0.4, 0.5) is 0 Å². The highest BCUT2D eigenvalue weighted by Crippen LogP contribution is 2.11. The molecule has 1 fully saturated rings. The molecule has 1 aliphatic rings. The summed E-state index contributed by atoms with van der Waals surface area (Å²) in [5.74, 6) is -0.0390. The second-order valence-corrected chi connectivity index (χ2v) is 7.92. The van der Waals surface area contributed by atoms with E-state index in [4.69, 9.17) is 0 Å². The van der Waals surface area contributed by atoms with E-state index in [0.717, 1.165) is 43.6 Å². The van der Waals surface area contributed by atoms with Gasteiger partial charge in [-0.05, 0) is 36.2 Å². The number of carbonyl (C=O) groups is 2. The summed E-state index contributed by atoms with van der Waals surface area (Å²) in [7, 11) is 0. The molecule has 1 saturated heterocycles. The maximum atomic E-state index is 12.5. The number of rotatable bonds is 6. The molecule has 2 aromatic carbocycles. The SMILES string of the molecule is O=C(NCCC(=O)N1CCCN(Cc2ccccc2)CC1)c1ccc(Br)cc1. The molecule has 2 amide bonds. The highest BCUT2D eigenvalue weighted by atomic mass is 79.9. The molecule has 5 nitrogen and oxygen atoms in total. The van der Waals surface area contributed by atoms with Crippen LogP contribution in [0.25, 0.3) is 0 Å². The molecule has 0 radical (unpaired) electrons. The topological polar surface area (TPSA) is 52.7 Å². The van der Waals surface area contributed by atoms with Crippen LogP contribution in [0.15, 0.2) is 59.1 Å². The van der Waals surface area contributed by atoms with Crippen LogP contribution in [0.1, 0.15) is 28.8 Å². The van der Waals surface area contributed by atoms with E-state index in [2.05, 4.69) is 50.4 Å². The van der Waals surface area contributed by atoms with Crippen LogP contribution in [0.3, 0.4) is 0 Å². The second kappa shape index (κ2) is 10.4. The van der Waals surface area contributed by atoms with Gasteiger partial charge in [-0.1, -0.05) is 46.3 Å². The fourth-order valence-electron chi connectivity index (χ4n) is 3.36. The van der Waals surface area contributed by atoms with Gasteiger partial charge in [0.1, 0.15) is 0 Å². The third-order valence-corrected chi connectivity index (χ3v) is 5.45. The number of halogens is 1. The zero-order chi connectivity index (χ0) is 19.8. The maximum absolute atomic E-state index is 12.5. The Morgan fingerprint density at radius 3 is 2.43 bits per heavy atom. The van der Waals surface area contributed by atoms with E-state index >= 15 is 0 Å². The lowest BCUT2D eigenvalue weighted by Crippen LogP contribution is -2.37. The highest BCUT2D eigenvalue weighted by Gasteiger charge is 2.19. The standard InChI is InChI=1S/C22H26BrN3O2/c23-20-9-7-19(8-10-20)22(28)24-12-11-21(27)26-14-4-13-25(15-16-26)17-18-5-2-1-3-6-18/h1-3,5-10H,4,11-17H2,(H,24,28). The fourth-order valence-corrected chi connectivity index (χ4v) is 3.63. The first-order valence-electron chi connectivity index (χ1n) is 9.69. The van der Waals surface area contributed by atoms with Gasteiger partial charge in [0.15, 0.2) is 0 Å². The Hall–Kier alpha value is -2.18. The van der Waals surface area contributed by atoms with Crippen LogP contribution in [0, 0.1) is 0 Å². The van der Waals surface area contributed by atoms with Gasteiger partial charge in [-0.3, -0.25) is 14.5 Å². The summed E-state index contributed by atoms with van der Waals surface area (Å²) in [6.45, 7) is 4.69. The summed E-state index contributed by atoms with van der Waals surface area (Å²) >= 11 is 3.35. The van der Waals surface area contributed by atoms with Gasteiger partial charge in [0.05, 0.1) is 0 Å². The summed E-state index contributed by atoms with van der Waals surface area (Å²) in [5.41, 5.74) is 1.90. The first kappa shape index (κ1) is 20.6. The first-order valence-corrected chi connectivity index (χ1v) is 10.5. The van der Waals surface area contributed by atoms with Gasteiger partial charge >= 0.3 is 0 Å². The predicted octanol–water partition coefficient (Wildman–Crippen LogP) is 3.30. The molecular weight excluding hydrogens is 418 g/mol. The number of nitrogens with one attached hydrogen (secondary N) is 1. The quantitative estimate of drug-likeness (QED) is 0.744. The molecule has 0 aliphatic carbocycles. The van der Waals surface area contributed by atoms with Crippen molar-refractivity contribution in [3.63, 3.8) is 0 Å². The van der Waals surface area contributed by atoms with E-state index in [1.807, 2.05) is 23.1 Å². The zero-order valence-electron chi connectivity index (χ0n) is 15.9. The summed E-state index contributed by atoms with van der Waals surface area (Å²) in [4.78, 5) is 29.0. The Morgan fingerprint density at radius 1 is 0.929 bits per heavy atom. The van der Waals surface area contributed by atoms with Crippen molar-refractivity contribution in [1.82, 2.24) is 15.1 Å². The van der Waals surface area contributed by atoms with Crippen LogP contribution in [-0.4, -0.2) is 54.3 Å². The van der Waals surface area contributed by atoms with Crippen molar-refractivity contribution in [2.24, 2.45) is 0 Å². The number of hydrogen-bond acceptors (Lipinski definition) is 3. The molecule has 0 bridgehead atoms. The third-order valence-electron chi connectivity index (χ3n) is 4.92. The number of benzene rings is 2. The molecule has 1 heterocycles. The number of amides is 2. The van der Waals surface area contributed by atoms with E-state index in [1.54, 1.807) is 12.1 Å². The smallest absolute Gasteiger partial charge is 0.251 e. The molecular formula is C22H26BrN3O2. The number of hydrogen-bond donors (Lipinski definition) is 1. The summed E-state index contributed by atoms with van der Waals surface area (Å²) in [5, 5.41) is 2.83. The Morgan fingerprint density at radius 2 is 1.68 bits per heavy atom. The molecule has 0 spiro atoms. The minimum Gasteiger partial charge on any atom is -0.352 e. The lowest BCUT2D eigenvalue weighted by molar-refractivity contribution is -0.130. The van der Waals surface area contributed by atoms with Gasteiger partial charge in [-0.2, -0.15) is 0 Å². The Bertz CT molecular complexity index is 780. The van der Waals surface area contributed by atoms with Crippen molar-refractivity contribution < 1.29 is 9.59 Å². The molecule has 148 valence electrons. The van der Waals surface area contributed by atoms with E-state index in [-0.39, 0.29) is 11.8 Å². The molecule has 1 N–H and O–H groups in total. The van der Waals surface area contributed by atoms with Crippen molar-refractivity contribution in [1.29, 1.82) is 0 Å². The van der Waals surface area contributed by atoms with Gasteiger partial charge in [-0.25, -0.2) is 0 Å². The lowest BCUT2D eigenvalue weighted by atomic mass is 10.2. The van der Waals surface area contributed by atoms with Crippen LogP contribution in [0.2, 0.25) is 0 Å². The lowest BCUT2D eigenvalue weighted by Gasteiger charge is -2.22. The van der Waals surface area contributed by atoms with Crippen molar-refractivity contribution in [3.8, 4) is 0 Å². The highest BCUT2D eigenvalue weighted by molar-refractivity contribution is 9.10. The van der Waals surface area contributed by atoms with Gasteiger partial charge in [0.2, 0.25) is 5.91 Å². The molecule has 2 aromatic rings. The first-order chi connectivity index (χ1) is 13.6. The number of carbonyl (C=O) groups excluding carboxylic acids is 2. The monoisotopic (exact) mass is 443 g/mol. The van der Waals surface area contributed by atoms with Crippen molar-refractivity contribution in [2.75, 3.05) is 32.7 Å². The number of nitrogens with zero attached hydrogens (tertiary/aromatic N) is 2. The van der Waals surface area contributed by atoms with E-state index in [0.29, 0.717) is 18.5 Å². The minimum atomic E-state index is -0.148. The van der Waals surface area contributed by atoms with Crippen LogP contribution < -0.4 is 5.32 Å². The van der Waals surface area contributed by atoms with Crippen molar-refractivity contribution in [3.05, 3.63) is 70.2 Å². The minimum absolute atomic E-state index is 0.109. The average Bonchev–Trinajstić information content (AvgIpc) is 2.95. The van der Waals surface area contributed by atoms with Crippen LogP contribution in [0.5, 0.6) is 0 Å². The second-order valence-electron chi connectivity index (χ2n) is 7.01. The molecule has 6 heteroatoms. The van der Waals surface area contributed by atoms with Crippen molar-refractivity contribution in [2.45, 2.75) is 19.4 Å². The molecule has 0 atom stereocenters. The fraction of sp³-hybridized carbons (Fsp3) is 0.364. The third kappa shape index (κ3) is 6.17. The molecule has 0 unspecified atom stereocenters. The predicted molar refractivity (Wildman–Crippen MR) is 114 cm³/mol. The molecule has 0 aromatic heterocycles. The normalized spacial score (nSPS) is 15.1. The molecule has 3 rings (SSSR count). The Kier molecular flexibility index (Phi) is 7.62. The summed E-state index contributed by atoms with van der Waals surface area (Å²) < 4.78 is 0.932. The van der Waals surface area contributed by atoms with Crippen molar-refractivity contribution >= 4 is 27.7 Å². The van der Waals surface area contributed by atoms with Crippen LogP contribution in [-0.2, 0) is 11.3 Å². The molecule has 1 aliphatic heterocycles. The molecule has 0 saturated carbocycles. The zero-order valence-corrected chi connectivity index (χ0v) is 17.5. The molecule has 28 heavy (non-hydrogen) atoms. The summed E-state index contributed by atoms with van der Waals surface area (Å²) in [6, 6.07) is 17.6.